The molecular weight excluding hydrogens is 169 g/mol. The van der Waals surface area contributed by atoms with Crippen LogP contribution in [0, 0.1) is 0 Å². The van der Waals surface area contributed by atoms with Crippen LogP contribution in [-0.4, -0.2) is 18.9 Å². The topological polar surface area (TPSA) is 17.1 Å². The SMILES string of the molecule is O=P.[Co].[Fe].[LiH]. The van der Waals surface area contributed by atoms with E-state index in [2.05, 4.69) is 0 Å². The molecule has 0 fully saturated rings. The molecule has 0 aliphatic carbocycles. The van der Waals surface area contributed by atoms with Crippen molar-refractivity contribution in [2.45, 2.75) is 0 Å². The molecule has 0 amide bonds. The average molecular weight is 171 g/mol. The van der Waals surface area contributed by atoms with Crippen LogP contribution in [0.3, 0.4) is 0 Å². The van der Waals surface area contributed by atoms with Crippen LogP contribution in [0.15, 0.2) is 0 Å². The maximum absolute atomic E-state index is 8.06. The number of hydrogen-bond donors (Lipinski definition) is 0. The van der Waals surface area contributed by atoms with E-state index in [-0.39, 0.29) is 52.7 Å². The first-order valence-electron chi connectivity index (χ1n) is 0.204. The van der Waals surface area contributed by atoms with E-state index in [1.807, 2.05) is 0 Å². The molecule has 0 aromatic heterocycles. The summed E-state index contributed by atoms with van der Waals surface area (Å²) in [5.41, 5.74) is 0. The van der Waals surface area contributed by atoms with Crippen LogP contribution in [0.5, 0.6) is 0 Å². The second-order valence-electron chi connectivity index (χ2n) is 0. The molecular formula is H2CoFeLiOP. The first-order valence-corrected chi connectivity index (χ1v) is 0.612. The van der Waals surface area contributed by atoms with Crippen LogP contribution in [0.4, 0.5) is 0 Å². The molecule has 0 aliphatic rings. The molecule has 1 nitrogen and oxygen atoms in total. The summed E-state index contributed by atoms with van der Waals surface area (Å²) in [7, 11) is 1.72. The normalized spacial score (nSPS) is 0.800. The molecule has 0 bridgehead atoms. The minimum atomic E-state index is 0. The Kier molecular flexibility index (Phi) is 255. The van der Waals surface area contributed by atoms with Crippen molar-refractivity contribution in [3.05, 3.63) is 0 Å². The summed E-state index contributed by atoms with van der Waals surface area (Å²) in [5.74, 6) is 0. The van der Waals surface area contributed by atoms with Crippen LogP contribution < -0.4 is 0 Å². The zero-order valence-corrected chi connectivity index (χ0v) is 4.74. The molecule has 0 heterocycles. The molecule has 0 spiro atoms. The Morgan fingerprint density at radius 1 is 1.20 bits per heavy atom. The Labute approximate surface area is 66.1 Å². The summed E-state index contributed by atoms with van der Waals surface area (Å²) in [5, 5.41) is 0. The van der Waals surface area contributed by atoms with Crippen LogP contribution in [0.25, 0.3) is 0 Å². The second kappa shape index (κ2) is 43.0. The van der Waals surface area contributed by atoms with Gasteiger partial charge in [0.05, 0.1) is 0 Å². The van der Waals surface area contributed by atoms with Crippen LogP contribution in [-0.2, 0) is 38.4 Å². The van der Waals surface area contributed by atoms with Crippen molar-refractivity contribution >= 4 is 28.0 Å². The van der Waals surface area contributed by atoms with Crippen molar-refractivity contribution in [1.82, 2.24) is 0 Å². The van der Waals surface area contributed by atoms with E-state index < -0.39 is 0 Å². The van der Waals surface area contributed by atoms with Crippen molar-refractivity contribution in [2.75, 3.05) is 0 Å². The summed E-state index contributed by atoms with van der Waals surface area (Å²) in [6.07, 6.45) is 0. The van der Waals surface area contributed by atoms with E-state index in [1.54, 1.807) is 9.12 Å². The molecule has 0 rings (SSSR count). The monoisotopic (exact) mass is 171 g/mol. The standard InChI is InChI=1S/Co.Fe.Li.HOP.H/c;;;1-2;/h;;;2H;. The van der Waals surface area contributed by atoms with E-state index in [9.17, 15) is 0 Å². The zero-order valence-electron chi connectivity index (χ0n) is 1.60. The van der Waals surface area contributed by atoms with Gasteiger partial charge < -0.3 is 0 Å². The van der Waals surface area contributed by atoms with Gasteiger partial charge in [-0.2, -0.15) is 0 Å². The Bertz CT molecular complexity index is 11.6. The van der Waals surface area contributed by atoms with Crippen LogP contribution >= 0.6 is 9.12 Å². The Balaban J connectivity index is -0.00000000167. The Morgan fingerprint density at radius 3 is 1.20 bits per heavy atom. The third-order valence-electron chi connectivity index (χ3n) is 0. The van der Waals surface area contributed by atoms with Gasteiger partial charge in [0, 0.05) is 33.8 Å². The van der Waals surface area contributed by atoms with Crippen molar-refractivity contribution in [3.8, 4) is 0 Å². The zero-order chi connectivity index (χ0) is 2.00. The van der Waals surface area contributed by atoms with Gasteiger partial charge in [-0.15, -0.1) is 0 Å². The quantitative estimate of drug-likeness (QED) is 0.364. The summed E-state index contributed by atoms with van der Waals surface area (Å²) < 4.78 is 8.06. The molecule has 0 saturated carbocycles. The van der Waals surface area contributed by atoms with E-state index in [4.69, 9.17) is 4.57 Å². The summed E-state index contributed by atoms with van der Waals surface area (Å²) >= 11 is 0. The molecule has 31 valence electrons. The number of hydrogen-bond acceptors (Lipinski definition) is 1. The van der Waals surface area contributed by atoms with Gasteiger partial charge in [0.15, 0.2) is 0 Å². The van der Waals surface area contributed by atoms with Gasteiger partial charge in [-0.05, 0) is 0 Å². The predicted molar refractivity (Wildman–Crippen MR) is 16.2 cm³/mol. The van der Waals surface area contributed by atoms with E-state index >= 15 is 0 Å². The molecule has 0 aliphatic heterocycles. The van der Waals surface area contributed by atoms with E-state index in [1.165, 1.54) is 0 Å². The minimum absolute atomic E-state index is 0. The third-order valence-corrected chi connectivity index (χ3v) is 0. The van der Waals surface area contributed by atoms with E-state index in [0.717, 1.165) is 0 Å². The van der Waals surface area contributed by atoms with Crippen molar-refractivity contribution < 1.29 is 38.4 Å². The summed E-state index contributed by atoms with van der Waals surface area (Å²) in [6, 6.07) is 0. The Hall–Kier alpha value is 1.72. The third kappa shape index (κ3) is 26.7. The molecule has 5 heavy (non-hydrogen) atoms. The van der Waals surface area contributed by atoms with Crippen LogP contribution in [0.2, 0.25) is 0 Å². The fraction of sp³-hybridized carbons (Fsp3) is 0. The number of rotatable bonds is 0. The molecule has 0 aromatic carbocycles. The Morgan fingerprint density at radius 2 is 1.20 bits per heavy atom. The van der Waals surface area contributed by atoms with Gasteiger partial charge in [0.25, 0.3) is 0 Å². The fourth-order valence-electron chi connectivity index (χ4n) is 0. The maximum atomic E-state index is 8.06. The molecule has 0 aromatic rings. The fourth-order valence-corrected chi connectivity index (χ4v) is 0. The van der Waals surface area contributed by atoms with Gasteiger partial charge in [-0.25, -0.2) is 0 Å². The van der Waals surface area contributed by atoms with Gasteiger partial charge in [0.2, 0.25) is 0 Å². The van der Waals surface area contributed by atoms with Gasteiger partial charge in [-0.3, -0.25) is 4.57 Å². The van der Waals surface area contributed by atoms with Crippen molar-refractivity contribution in [2.24, 2.45) is 0 Å². The molecule has 0 N–H and O–H groups in total. The molecule has 5 heteroatoms. The van der Waals surface area contributed by atoms with Gasteiger partial charge >= 0.3 is 18.9 Å². The predicted octanol–water partition coefficient (Wildman–Crippen LogP) is -0.179. The first-order chi connectivity index (χ1) is 1.00. The summed E-state index contributed by atoms with van der Waals surface area (Å²) in [6.45, 7) is 0. The molecule has 0 atom stereocenters. The van der Waals surface area contributed by atoms with Gasteiger partial charge in [-0.1, -0.05) is 0 Å². The summed E-state index contributed by atoms with van der Waals surface area (Å²) in [4.78, 5) is 0. The van der Waals surface area contributed by atoms with E-state index in [0.29, 0.717) is 0 Å². The first kappa shape index (κ1) is 29.7. The molecule has 0 saturated heterocycles. The molecule has 0 unspecified atom stereocenters. The van der Waals surface area contributed by atoms with Gasteiger partial charge in [0.1, 0.15) is 9.12 Å². The average Bonchev–Trinajstić information content (AvgIpc) is 1.00. The van der Waals surface area contributed by atoms with Crippen molar-refractivity contribution in [1.29, 1.82) is 0 Å². The van der Waals surface area contributed by atoms with Crippen LogP contribution in [0.1, 0.15) is 0 Å². The second-order valence-corrected chi connectivity index (χ2v) is 0. The molecule has 1 radical (unpaired) electrons. The van der Waals surface area contributed by atoms with Crippen molar-refractivity contribution in [3.63, 3.8) is 0 Å².